The standard InChI is InChI=1S/C12H13N3O2/c1-8-14-11(16)6-12(15-8)17-10-4-2-3-9(5-10)7-13/h2-6H,7,13H2,1H3,(H,14,15,16). The molecule has 0 amide bonds. The van der Waals surface area contributed by atoms with Gasteiger partial charge < -0.3 is 15.5 Å². The molecule has 17 heavy (non-hydrogen) atoms. The normalized spacial score (nSPS) is 10.2. The van der Waals surface area contributed by atoms with E-state index in [0.717, 1.165) is 5.56 Å². The lowest BCUT2D eigenvalue weighted by Gasteiger charge is -2.06. The van der Waals surface area contributed by atoms with Crippen LogP contribution in [0, 0.1) is 6.92 Å². The van der Waals surface area contributed by atoms with Gasteiger partial charge in [0.05, 0.1) is 6.07 Å². The molecule has 0 bridgehead atoms. The molecule has 0 aliphatic carbocycles. The highest BCUT2D eigenvalue weighted by atomic mass is 16.5. The Labute approximate surface area is 98.3 Å². The maximum absolute atomic E-state index is 11.2. The van der Waals surface area contributed by atoms with E-state index in [2.05, 4.69) is 9.97 Å². The van der Waals surface area contributed by atoms with Crippen molar-refractivity contribution in [3.05, 3.63) is 52.1 Å². The van der Waals surface area contributed by atoms with Gasteiger partial charge in [0.15, 0.2) is 0 Å². The highest BCUT2D eigenvalue weighted by molar-refractivity contribution is 5.31. The predicted molar refractivity (Wildman–Crippen MR) is 64.0 cm³/mol. The molecule has 0 unspecified atom stereocenters. The number of aromatic nitrogens is 2. The summed E-state index contributed by atoms with van der Waals surface area (Å²) < 4.78 is 5.50. The molecule has 5 nitrogen and oxygen atoms in total. The van der Waals surface area contributed by atoms with E-state index in [1.165, 1.54) is 6.07 Å². The molecule has 3 N–H and O–H groups in total. The average molecular weight is 231 g/mol. The molecule has 88 valence electrons. The first-order chi connectivity index (χ1) is 8.17. The van der Waals surface area contributed by atoms with Crippen LogP contribution in [0.5, 0.6) is 11.6 Å². The van der Waals surface area contributed by atoms with Gasteiger partial charge in [0.25, 0.3) is 5.56 Å². The first-order valence-electron chi connectivity index (χ1n) is 5.22. The van der Waals surface area contributed by atoms with Crippen LogP contribution in [0.1, 0.15) is 11.4 Å². The zero-order valence-electron chi connectivity index (χ0n) is 9.43. The monoisotopic (exact) mass is 231 g/mol. The summed E-state index contributed by atoms with van der Waals surface area (Å²) in [6, 6.07) is 8.67. The van der Waals surface area contributed by atoms with Gasteiger partial charge in [-0.1, -0.05) is 12.1 Å². The lowest BCUT2D eigenvalue weighted by atomic mass is 10.2. The van der Waals surface area contributed by atoms with Gasteiger partial charge in [-0.3, -0.25) is 4.79 Å². The molecular formula is C12H13N3O2. The molecule has 0 spiro atoms. The van der Waals surface area contributed by atoms with Gasteiger partial charge in [-0.05, 0) is 24.6 Å². The van der Waals surface area contributed by atoms with Gasteiger partial charge in [0.2, 0.25) is 5.88 Å². The van der Waals surface area contributed by atoms with Crippen molar-refractivity contribution in [2.24, 2.45) is 5.73 Å². The molecule has 1 aromatic heterocycles. The molecule has 1 heterocycles. The molecule has 5 heteroatoms. The van der Waals surface area contributed by atoms with Crippen molar-refractivity contribution in [1.82, 2.24) is 9.97 Å². The fourth-order valence-electron chi connectivity index (χ4n) is 1.46. The summed E-state index contributed by atoms with van der Waals surface area (Å²) in [6.07, 6.45) is 0. The third-order valence-corrected chi connectivity index (χ3v) is 2.19. The Hall–Kier alpha value is -2.14. The van der Waals surface area contributed by atoms with E-state index < -0.39 is 0 Å². The van der Waals surface area contributed by atoms with Gasteiger partial charge in [-0.25, -0.2) is 4.98 Å². The van der Waals surface area contributed by atoms with Crippen molar-refractivity contribution < 1.29 is 4.74 Å². The smallest absolute Gasteiger partial charge is 0.254 e. The molecule has 0 atom stereocenters. The quantitative estimate of drug-likeness (QED) is 0.835. The fourth-order valence-corrected chi connectivity index (χ4v) is 1.46. The first kappa shape index (κ1) is 11.3. The molecule has 0 fully saturated rings. The minimum atomic E-state index is -0.234. The van der Waals surface area contributed by atoms with Crippen LogP contribution >= 0.6 is 0 Å². The Kier molecular flexibility index (Phi) is 3.20. The number of benzene rings is 1. The number of nitrogens with one attached hydrogen (secondary N) is 1. The number of ether oxygens (including phenoxy) is 1. The Morgan fingerprint density at radius 3 is 2.94 bits per heavy atom. The van der Waals surface area contributed by atoms with Gasteiger partial charge in [-0.15, -0.1) is 0 Å². The van der Waals surface area contributed by atoms with Crippen molar-refractivity contribution in [3.63, 3.8) is 0 Å². The number of hydrogen-bond donors (Lipinski definition) is 2. The summed E-state index contributed by atoms with van der Waals surface area (Å²) in [6.45, 7) is 2.14. The molecule has 2 rings (SSSR count). The Bertz CT molecular complexity index is 578. The Balaban J connectivity index is 2.27. The van der Waals surface area contributed by atoms with Gasteiger partial charge in [0, 0.05) is 6.54 Å². The van der Waals surface area contributed by atoms with E-state index in [0.29, 0.717) is 18.1 Å². The van der Waals surface area contributed by atoms with E-state index in [-0.39, 0.29) is 11.4 Å². The highest BCUT2D eigenvalue weighted by Gasteiger charge is 2.01. The minimum Gasteiger partial charge on any atom is -0.439 e. The fraction of sp³-hybridized carbons (Fsp3) is 0.167. The van der Waals surface area contributed by atoms with E-state index in [4.69, 9.17) is 10.5 Å². The van der Waals surface area contributed by atoms with Crippen molar-refractivity contribution in [2.45, 2.75) is 13.5 Å². The van der Waals surface area contributed by atoms with Gasteiger partial charge in [0.1, 0.15) is 11.6 Å². The van der Waals surface area contributed by atoms with Crippen molar-refractivity contribution in [2.75, 3.05) is 0 Å². The summed E-state index contributed by atoms with van der Waals surface area (Å²) >= 11 is 0. The summed E-state index contributed by atoms with van der Waals surface area (Å²) in [5.74, 6) is 1.41. The molecule has 0 saturated carbocycles. The Morgan fingerprint density at radius 1 is 1.41 bits per heavy atom. The second-order valence-corrected chi connectivity index (χ2v) is 3.62. The summed E-state index contributed by atoms with van der Waals surface area (Å²) in [5.41, 5.74) is 6.26. The first-order valence-corrected chi connectivity index (χ1v) is 5.22. The number of nitrogens with zero attached hydrogens (tertiary/aromatic N) is 1. The van der Waals surface area contributed by atoms with Crippen LogP contribution in [0.4, 0.5) is 0 Å². The zero-order chi connectivity index (χ0) is 12.3. The van der Waals surface area contributed by atoms with Crippen LogP contribution in [0.2, 0.25) is 0 Å². The molecule has 0 saturated heterocycles. The lowest BCUT2D eigenvalue weighted by Crippen LogP contribution is -2.08. The van der Waals surface area contributed by atoms with Crippen LogP contribution in [0.15, 0.2) is 35.1 Å². The van der Waals surface area contributed by atoms with Crippen LogP contribution in [-0.2, 0) is 6.54 Å². The van der Waals surface area contributed by atoms with Crippen LogP contribution < -0.4 is 16.0 Å². The molecule has 0 aliphatic heterocycles. The number of aryl methyl sites for hydroxylation is 1. The highest BCUT2D eigenvalue weighted by Crippen LogP contribution is 2.19. The largest absolute Gasteiger partial charge is 0.439 e. The zero-order valence-corrected chi connectivity index (χ0v) is 9.43. The lowest BCUT2D eigenvalue weighted by molar-refractivity contribution is 0.458. The van der Waals surface area contributed by atoms with E-state index in [1.807, 2.05) is 18.2 Å². The second kappa shape index (κ2) is 4.80. The molecule has 0 aliphatic rings. The SMILES string of the molecule is Cc1nc(Oc2cccc(CN)c2)cc(=O)[nH]1. The molecular weight excluding hydrogens is 218 g/mol. The van der Waals surface area contributed by atoms with Crippen LogP contribution in [0.25, 0.3) is 0 Å². The Morgan fingerprint density at radius 2 is 2.24 bits per heavy atom. The predicted octanol–water partition coefficient (Wildman–Crippen LogP) is 1.33. The van der Waals surface area contributed by atoms with E-state index >= 15 is 0 Å². The van der Waals surface area contributed by atoms with Gasteiger partial charge in [-0.2, -0.15) is 0 Å². The maximum atomic E-state index is 11.2. The second-order valence-electron chi connectivity index (χ2n) is 3.62. The van der Waals surface area contributed by atoms with Crippen molar-refractivity contribution in [3.8, 4) is 11.6 Å². The minimum absolute atomic E-state index is 0.234. The summed E-state index contributed by atoms with van der Waals surface area (Å²) in [4.78, 5) is 17.9. The molecule has 2 aromatic rings. The topological polar surface area (TPSA) is 81.0 Å². The summed E-state index contributed by atoms with van der Waals surface area (Å²) in [7, 11) is 0. The van der Waals surface area contributed by atoms with Crippen molar-refractivity contribution >= 4 is 0 Å². The maximum Gasteiger partial charge on any atom is 0.254 e. The number of hydrogen-bond acceptors (Lipinski definition) is 4. The van der Waals surface area contributed by atoms with E-state index in [9.17, 15) is 4.79 Å². The van der Waals surface area contributed by atoms with Crippen molar-refractivity contribution in [1.29, 1.82) is 0 Å². The van der Waals surface area contributed by atoms with Gasteiger partial charge >= 0.3 is 0 Å². The van der Waals surface area contributed by atoms with E-state index in [1.54, 1.807) is 13.0 Å². The molecule has 0 radical (unpaired) electrons. The number of H-pyrrole nitrogens is 1. The third-order valence-electron chi connectivity index (χ3n) is 2.19. The number of aromatic amines is 1. The third kappa shape index (κ3) is 2.92. The van der Waals surface area contributed by atoms with Crippen LogP contribution in [0.3, 0.4) is 0 Å². The number of rotatable bonds is 3. The number of nitrogens with two attached hydrogens (primary N) is 1. The average Bonchev–Trinajstić information content (AvgIpc) is 2.28. The molecule has 1 aromatic carbocycles. The van der Waals surface area contributed by atoms with Crippen LogP contribution in [-0.4, -0.2) is 9.97 Å². The summed E-state index contributed by atoms with van der Waals surface area (Å²) in [5, 5.41) is 0.